The van der Waals surface area contributed by atoms with Crippen molar-refractivity contribution in [2.24, 2.45) is 0 Å². The van der Waals surface area contributed by atoms with E-state index in [0.717, 1.165) is 43.0 Å². The van der Waals surface area contributed by atoms with Gasteiger partial charge in [0.1, 0.15) is 5.82 Å². The molecule has 2 heterocycles. The van der Waals surface area contributed by atoms with E-state index in [1.165, 1.54) is 12.1 Å². The Morgan fingerprint density at radius 2 is 1.71 bits per heavy atom. The Labute approximate surface area is 164 Å². The molecular formula is C22H23FN4O. The fourth-order valence-electron chi connectivity index (χ4n) is 3.54. The number of hydrogen-bond donors (Lipinski definition) is 0. The van der Waals surface area contributed by atoms with Crippen LogP contribution in [0, 0.1) is 5.82 Å². The minimum Gasteiger partial charge on any atom is -0.370 e. The van der Waals surface area contributed by atoms with Crippen LogP contribution in [0.4, 0.5) is 10.1 Å². The molecule has 4 rings (SSSR count). The first-order valence-corrected chi connectivity index (χ1v) is 9.56. The first-order chi connectivity index (χ1) is 13.7. The summed E-state index contributed by atoms with van der Waals surface area (Å²) in [7, 11) is 0. The van der Waals surface area contributed by atoms with Crippen molar-refractivity contribution in [1.82, 2.24) is 14.7 Å². The van der Waals surface area contributed by atoms with Crippen molar-refractivity contribution in [1.29, 1.82) is 0 Å². The van der Waals surface area contributed by atoms with E-state index in [1.807, 2.05) is 41.4 Å². The Kier molecular flexibility index (Phi) is 5.37. The molecule has 0 unspecified atom stereocenters. The summed E-state index contributed by atoms with van der Waals surface area (Å²) in [4.78, 5) is 16.9. The van der Waals surface area contributed by atoms with Crippen LogP contribution in [0.1, 0.15) is 12.0 Å². The SMILES string of the molecule is O=C(Cc1cnn(-c2ccccc2)c1)N1CCCN(c2ccc(F)cc2)CC1. The van der Waals surface area contributed by atoms with Crippen LogP contribution in [0.5, 0.6) is 0 Å². The predicted octanol–water partition coefficient (Wildman–Crippen LogP) is 3.29. The van der Waals surface area contributed by atoms with E-state index in [2.05, 4.69) is 10.00 Å². The summed E-state index contributed by atoms with van der Waals surface area (Å²) in [5, 5.41) is 4.37. The van der Waals surface area contributed by atoms with E-state index in [-0.39, 0.29) is 11.7 Å². The van der Waals surface area contributed by atoms with Crippen molar-refractivity contribution in [3.63, 3.8) is 0 Å². The van der Waals surface area contributed by atoms with Crippen LogP contribution in [-0.4, -0.2) is 46.8 Å². The van der Waals surface area contributed by atoms with Crippen LogP contribution in [-0.2, 0) is 11.2 Å². The second-order valence-corrected chi connectivity index (χ2v) is 7.00. The molecule has 0 N–H and O–H groups in total. The van der Waals surface area contributed by atoms with Crippen LogP contribution >= 0.6 is 0 Å². The fraction of sp³-hybridized carbons (Fsp3) is 0.273. The normalized spacial score (nSPS) is 14.8. The lowest BCUT2D eigenvalue weighted by Crippen LogP contribution is -2.36. The third-order valence-electron chi connectivity index (χ3n) is 5.05. The van der Waals surface area contributed by atoms with Crippen LogP contribution in [0.15, 0.2) is 67.0 Å². The number of hydrogen-bond acceptors (Lipinski definition) is 3. The molecule has 1 saturated heterocycles. The molecule has 144 valence electrons. The van der Waals surface area contributed by atoms with Gasteiger partial charge in [-0.3, -0.25) is 4.79 Å². The topological polar surface area (TPSA) is 41.4 Å². The van der Waals surface area contributed by atoms with Gasteiger partial charge >= 0.3 is 0 Å². The molecule has 28 heavy (non-hydrogen) atoms. The largest absolute Gasteiger partial charge is 0.370 e. The lowest BCUT2D eigenvalue weighted by molar-refractivity contribution is -0.130. The summed E-state index contributed by atoms with van der Waals surface area (Å²) in [5.41, 5.74) is 2.89. The zero-order chi connectivity index (χ0) is 19.3. The van der Waals surface area contributed by atoms with Crippen LogP contribution in [0.3, 0.4) is 0 Å². The highest BCUT2D eigenvalue weighted by molar-refractivity contribution is 5.78. The van der Waals surface area contributed by atoms with Crippen molar-refractivity contribution in [3.8, 4) is 5.69 Å². The maximum Gasteiger partial charge on any atom is 0.227 e. The minimum atomic E-state index is -0.230. The molecule has 1 fully saturated rings. The molecule has 2 aromatic carbocycles. The fourth-order valence-corrected chi connectivity index (χ4v) is 3.54. The zero-order valence-electron chi connectivity index (χ0n) is 15.7. The maximum absolute atomic E-state index is 13.1. The number of carbonyl (C=O) groups is 1. The summed E-state index contributed by atoms with van der Waals surface area (Å²) in [6.45, 7) is 3.02. The number of para-hydroxylation sites is 1. The van der Waals surface area contributed by atoms with Crippen molar-refractivity contribution in [2.45, 2.75) is 12.8 Å². The van der Waals surface area contributed by atoms with Gasteiger partial charge in [-0.25, -0.2) is 9.07 Å². The number of carbonyl (C=O) groups excluding carboxylic acids is 1. The average molecular weight is 378 g/mol. The first kappa shape index (κ1) is 18.2. The van der Waals surface area contributed by atoms with Crippen molar-refractivity contribution < 1.29 is 9.18 Å². The summed E-state index contributed by atoms with van der Waals surface area (Å²) in [5.74, 6) is -0.111. The Morgan fingerprint density at radius 3 is 2.50 bits per heavy atom. The Balaban J connectivity index is 1.36. The van der Waals surface area contributed by atoms with Gasteiger partial charge in [0.2, 0.25) is 5.91 Å². The predicted molar refractivity (Wildman–Crippen MR) is 107 cm³/mol. The van der Waals surface area contributed by atoms with E-state index >= 15 is 0 Å². The second kappa shape index (κ2) is 8.25. The smallest absolute Gasteiger partial charge is 0.227 e. The van der Waals surface area contributed by atoms with Crippen LogP contribution < -0.4 is 4.90 Å². The standard InChI is InChI=1S/C22H23FN4O/c23-19-7-9-20(10-8-19)25-11-4-12-26(14-13-25)22(28)15-18-16-24-27(17-18)21-5-2-1-3-6-21/h1-3,5-10,16-17H,4,11-15H2. The van der Waals surface area contributed by atoms with Gasteiger partial charge in [0.05, 0.1) is 18.3 Å². The third kappa shape index (κ3) is 4.22. The number of halogens is 1. The van der Waals surface area contributed by atoms with Gasteiger partial charge in [-0.2, -0.15) is 5.10 Å². The summed E-state index contributed by atoms with van der Waals surface area (Å²) in [6, 6.07) is 16.4. The molecular weight excluding hydrogens is 355 g/mol. The lowest BCUT2D eigenvalue weighted by atomic mass is 10.2. The highest BCUT2D eigenvalue weighted by atomic mass is 19.1. The molecule has 1 aliphatic rings. The van der Waals surface area contributed by atoms with Crippen LogP contribution in [0.2, 0.25) is 0 Å². The Morgan fingerprint density at radius 1 is 0.929 bits per heavy atom. The highest BCUT2D eigenvalue weighted by Crippen LogP contribution is 2.17. The van der Waals surface area contributed by atoms with Gasteiger partial charge in [-0.1, -0.05) is 18.2 Å². The Bertz CT molecular complexity index is 923. The number of anilines is 1. The second-order valence-electron chi connectivity index (χ2n) is 7.00. The van der Waals surface area contributed by atoms with Crippen LogP contribution in [0.25, 0.3) is 5.69 Å². The molecule has 0 aliphatic carbocycles. The van der Waals surface area contributed by atoms with Gasteiger partial charge < -0.3 is 9.80 Å². The average Bonchev–Trinajstić information content (AvgIpc) is 3.04. The van der Waals surface area contributed by atoms with Gasteiger partial charge in [-0.15, -0.1) is 0 Å². The lowest BCUT2D eigenvalue weighted by Gasteiger charge is -2.23. The van der Waals surface area contributed by atoms with E-state index < -0.39 is 0 Å². The molecule has 1 amide bonds. The summed E-state index contributed by atoms with van der Waals surface area (Å²) in [6.07, 6.45) is 4.92. The first-order valence-electron chi connectivity index (χ1n) is 9.56. The number of aromatic nitrogens is 2. The zero-order valence-corrected chi connectivity index (χ0v) is 15.7. The molecule has 0 atom stereocenters. The minimum absolute atomic E-state index is 0.119. The highest BCUT2D eigenvalue weighted by Gasteiger charge is 2.20. The maximum atomic E-state index is 13.1. The molecule has 0 spiro atoms. The van der Waals surface area contributed by atoms with Crippen molar-refractivity contribution in [2.75, 3.05) is 31.1 Å². The van der Waals surface area contributed by atoms with Gasteiger partial charge in [0.25, 0.3) is 0 Å². The molecule has 3 aromatic rings. The number of benzene rings is 2. The molecule has 0 bridgehead atoms. The van der Waals surface area contributed by atoms with E-state index in [1.54, 1.807) is 23.0 Å². The molecule has 5 nitrogen and oxygen atoms in total. The van der Waals surface area contributed by atoms with Gasteiger partial charge in [0, 0.05) is 38.1 Å². The quantitative estimate of drug-likeness (QED) is 0.700. The number of nitrogens with zero attached hydrogens (tertiary/aromatic N) is 4. The van der Waals surface area contributed by atoms with E-state index in [9.17, 15) is 9.18 Å². The summed E-state index contributed by atoms with van der Waals surface area (Å²) >= 11 is 0. The molecule has 0 radical (unpaired) electrons. The van der Waals surface area contributed by atoms with E-state index in [4.69, 9.17) is 0 Å². The van der Waals surface area contributed by atoms with Gasteiger partial charge in [0.15, 0.2) is 0 Å². The Hall–Kier alpha value is -3.15. The molecule has 1 aliphatic heterocycles. The molecule has 6 heteroatoms. The van der Waals surface area contributed by atoms with Gasteiger partial charge in [-0.05, 0) is 48.4 Å². The number of rotatable bonds is 4. The monoisotopic (exact) mass is 378 g/mol. The molecule has 0 saturated carbocycles. The summed E-state index contributed by atoms with van der Waals surface area (Å²) < 4.78 is 14.9. The number of amides is 1. The van der Waals surface area contributed by atoms with Crippen molar-refractivity contribution in [3.05, 3.63) is 78.4 Å². The molecule has 1 aromatic heterocycles. The van der Waals surface area contributed by atoms with Crippen molar-refractivity contribution >= 4 is 11.6 Å². The third-order valence-corrected chi connectivity index (χ3v) is 5.05. The van der Waals surface area contributed by atoms with E-state index in [0.29, 0.717) is 13.0 Å².